The Kier molecular flexibility index (Phi) is 2.71. The van der Waals surface area contributed by atoms with Crippen LogP contribution < -0.4 is 0 Å². The Morgan fingerprint density at radius 3 is 2.88 bits per heavy atom. The molecule has 0 fully saturated rings. The normalized spacial score (nSPS) is 12.1. The summed E-state index contributed by atoms with van der Waals surface area (Å²) in [6, 6.07) is 7.28. The van der Waals surface area contributed by atoms with Gasteiger partial charge in [0.05, 0.1) is 29.8 Å². The number of rotatable bonds is 2. The average Bonchev–Trinajstić information content (AvgIpc) is 2.81. The van der Waals surface area contributed by atoms with Crippen LogP contribution in [0.2, 0.25) is 0 Å². The van der Waals surface area contributed by atoms with Gasteiger partial charge in [0.25, 0.3) is 0 Å². The molecule has 0 aliphatic heterocycles. The van der Waals surface area contributed by atoms with Crippen LogP contribution in [-0.2, 0) is 0 Å². The van der Waals surface area contributed by atoms with Gasteiger partial charge >= 0.3 is 0 Å². The quantitative estimate of drug-likeness (QED) is 0.827. The summed E-state index contributed by atoms with van der Waals surface area (Å²) < 4.78 is 1.78. The van der Waals surface area contributed by atoms with Crippen molar-refractivity contribution in [3.63, 3.8) is 0 Å². The third kappa shape index (κ3) is 1.81. The van der Waals surface area contributed by atoms with Crippen LogP contribution in [0.1, 0.15) is 24.2 Å². The zero-order valence-electron chi connectivity index (χ0n) is 8.83. The first-order chi connectivity index (χ1) is 7.72. The van der Waals surface area contributed by atoms with E-state index in [0.717, 1.165) is 11.3 Å². The molecule has 1 aromatic carbocycles. The minimum Gasteiger partial charge on any atom is -0.389 e. The van der Waals surface area contributed by atoms with E-state index >= 15 is 0 Å². The van der Waals surface area contributed by atoms with E-state index in [1.165, 1.54) is 0 Å². The van der Waals surface area contributed by atoms with Crippen molar-refractivity contribution in [3.05, 3.63) is 48.0 Å². The minimum atomic E-state index is -0.579. The lowest BCUT2D eigenvalue weighted by Gasteiger charge is -2.12. The zero-order chi connectivity index (χ0) is 11.5. The molecule has 0 bridgehead atoms. The van der Waals surface area contributed by atoms with E-state index in [1.54, 1.807) is 48.4 Å². The molecule has 1 atom stereocenters. The van der Waals surface area contributed by atoms with Gasteiger partial charge in [-0.3, -0.25) is 0 Å². The van der Waals surface area contributed by atoms with E-state index in [2.05, 4.69) is 11.1 Å². The van der Waals surface area contributed by atoms with Gasteiger partial charge in [0.15, 0.2) is 0 Å². The summed E-state index contributed by atoms with van der Waals surface area (Å²) in [6.45, 7) is 1.70. The molecule has 1 aromatic heterocycles. The maximum atomic E-state index is 9.65. The van der Waals surface area contributed by atoms with Gasteiger partial charge < -0.3 is 9.67 Å². The van der Waals surface area contributed by atoms with Crippen LogP contribution in [0, 0.1) is 11.3 Å². The summed E-state index contributed by atoms with van der Waals surface area (Å²) in [5, 5.41) is 18.5. The Hall–Kier alpha value is -2.12. The van der Waals surface area contributed by atoms with Gasteiger partial charge in [-0.05, 0) is 19.1 Å². The van der Waals surface area contributed by atoms with Crippen LogP contribution in [0.3, 0.4) is 0 Å². The Bertz CT molecular complexity index is 524. The second-order valence-corrected chi connectivity index (χ2v) is 3.53. The van der Waals surface area contributed by atoms with E-state index in [1.807, 2.05) is 0 Å². The van der Waals surface area contributed by atoms with E-state index in [0.29, 0.717) is 5.56 Å². The van der Waals surface area contributed by atoms with Crippen LogP contribution in [0.15, 0.2) is 36.9 Å². The van der Waals surface area contributed by atoms with E-state index in [9.17, 15) is 5.11 Å². The lowest BCUT2D eigenvalue weighted by atomic mass is 10.1. The maximum absolute atomic E-state index is 9.65. The first kappa shape index (κ1) is 10.4. The third-order valence-corrected chi connectivity index (χ3v) is 2.39. The molecule has 16 heavy (non-hydrogen) atoms. The van der Waals surface area contributed by atoms with Crippen LogP contribution in [0.4, 0.5) is 0 Å². The van der Waals surface area contributed by atoms with Crippen molar-refractivity contribution in [2.24, 2.45) is 0 Å². The zero-order valence-corrected chi connectivity index (χ0v) is 8.83. The number of benzene rings is 1. The Balaban J connectivity index is 2.61. The highest BCUT2D eigenvalue weighted by Gasteiger charge is 2.10. The van der Waals surface area contributed by atoms with Gasteiger partial charge in [-0.2, -0.15) is 5.26 Å². The molecule has 80 valence electrons. The highest BCUT2D eigenvalue weighted by atomic mass is 16.3. The summed E-state index contributed by atoms with van der Waals surface area (Å²) in [7, 11) is 0. The SMILES string of the molecule is C[C@@H](O)c1ccc(C#N)cc1-n1ccnc1. The second-order valence-electron chi connectivity index (χ2n) is 3.53. The Morgan fingerprint density at radius 2 is 2.31 bits per heavy atom. The van der Waals surface area contributed by atoms with Gasteiger partial charge in [-0.25, -0.2) is 4.98 Å². The van der Waals surface area contributed by atoms with Crippen molar-refractivity contribution in [2.75, 3.05) is 0 Å². The van der Waals surface area contributed by atoms with Gasteiger partial charge in [0, 0.05) is 18.0 Å². The molecular weight excluding hydrogens is 202 g/mol. The molecule has 2 rings (SSSR count). The molecule has 2 aromatic rings. The summed E-state index contributed by atoms with van der Waals surface area (Å²) in [4.78, 5) is 3.95. The molecule has 4 nitrogen and oxygen atoms in total. The lowest BCUT2D eigenvalue weighted by molar-refractivity contribution is 0.199. The average molecular weight is 213 g/mol. The predicted octanol–water partition coefficient (Wildman–Crippen LogP) is 1.80. The molecule has 0 amide bonds. The summed E-state index contributed by atoms with van der Waals surface area (Å²) in [6.07, 6.45) is 4.50. The second kappa shape index (κ2) is 4.17. The molecule has 1 N–H and O–H groups in total. The smallest absolute Gasteiger partial charge is 0.0992 e. The molecular formula is C12H11N3O. The lowest BCUT2D eigenvalue weighted by Crippen LogP contribution is -2.01. The van der Waals surface area contributed by atoms with Gasteiger partial charge in [-0.15, -0.1) is 0 Å². The number of aliphatic hydroxyl groups excluding tert-OH is 1. The number of hydrogen-bond acceptors (Lipinski definition) is 3. The largest absolute Gasteiger partial charge is 0.389 e. The Labute approximate surface area is 93.4 Å². The highest BCUT2D eigenvalue weighted by molar-refractivity contribution is 5.48. The third-order valence-electron chi connectivity index (χ3n) is 2.39. The summed E-state index contributed by atoms with van der Waals surface area (Å²) in [5.74, 6) is 0. The monoisotopic (exact) mass is 213 g/mol. The van der Waals surface area contributed by atoms with Gasteiger partial charge in [0.1, 0.15) is 0 Å². The molecule has 0 aliphatic carbocycles. The fraction of sp³-hybridized carbons (Fsp3) is 0.167. The van der Waals surface area contributed by atoms with E-state index < -0.39 is 6.10 Å². The molecule has 0 saturated carbocycles. The summed E-state index contributed by atoms with van der Waals surface area (Å²) >= 11 is 0. The van der Waals surface area contributed by atoms with Crippen LogP contribution in [0.25, 0.3) is 5.69 Å². The molecule has 0 aliphatic rings. The van der Waals surface area contributed by atoms with Crippen molar-refractivity contribution in [3.8, 4) is 11.8 Å². The fourth-order valence-electron chi connectivity index (χ4n) is 1.59. The number of aliphatic hydroxyl groups is 1. The number of hydrogen-bond donors (Lipinski definition) is 1. The van der Waals surface area contributed by atoms with Crippen LogP contribution in [0.5, 0.6) is 0 Å². The van der Waals surface area contributed by atoms with Crippen molar-refractivity contribution < 1.29 is 5.11 Å². The van der Waals surface area contributed by atoms with E-state index in [4.69, 9.17) is 5.26 Å². The van der Waals surface area contributed by atoms with Crippen LogP contribution >= 0.6 is 0 Å². The number of imidazole rings is 1. The standard InChI is InChI=1S/C12H11N3O/c1-9(16)11-3-2-10(7-13)6-12(11)15-5-4-14-8-15/h2-6,8-9,16H,1H3/t9-/m1/s1. The van der Waals surface area contributed by atoms with Crippen LogP contribution in [-0.4, -0.2) is 14.7 Å². The highest BCUT2D eigenvalue weighted by Crippen LogP contribution is 2.22. The van der Waals surface area contributed by atoms with Gasteiger partial charge in [0.2, 0.25) is 0 Å². The summed E-state index contributed by atoms with van der Waals surface area (Å²) in [5.41, 5.74) is 2.12. The predicted molar refractivity (Wildman–Crippen MR) is 58.9 cm³/mol. The maximum Gasteiger partial charge on any atom is 0.0992 e. The first-order valence-electron chi connectivity index (χ1n) is 4.93. The number of nitrogens with zero attached hydrogens (tertiary/aromatic N) is 3. The first-order valence-corrected chi connectivity index (χ1v) is 4.93. The molecule has 0 spiro atoms. The van der Waals surface area contributed by atoms with Crippen molar-refractivity contribution in [1.29, 1.82) is 5.26 Å². The molecule has 4 heteroatoms. The fourth-order valence-corrected chi connectivity index (χ4v) is 1.59. The number of aromatic nitrogens is 2. The topological polar surface area (TPSA) is 61.8 Å². The van der Waals surface area contributed by atoms with Gasteiger partial charge in [-0.1, -0.05) is 6.07 Å². The van der Waals surface area contributed by atoms with Crippen molar-refractivity contribution >= 4 is 0 Å². The molecule has 0 radical (unpaired) electrons. The van der Waals surface area contributed by atoms with E-state index in [-0.39, 0.29) is 0 Å². The van der Waals surface area contributed by atoms with Crippen molar-refractivity contribution in [1.82, 2.24) is 9.55 Å². The number of nitriles is 1. The van der Waals surface area contributed by atoms with Crippen molar-refractivity contribution in [2.45, 2.75) is 13.0 Å². The molecule has 0 saturated heterocycles. The molecule has 1 heterocycles. The molecule has 0 unspecified atom stereocenters. The minimum absolute atomic E-state index is 0.563. The Morgan fingerprint density at radius 1 is 1.50 bits per heavy atom.